The number of benzene rings is 1. The van der Waals surface area contributed by atoms with E-state index in [2.05, 4.69) is 25.9 Å². The molecular formula is C27H38N6O2. The molecule has 0 radical (unpaired) electrons. The van der Waals surface area contributed by atoms with Crippen molar-refractivity contribution in [1.82, 2.24) is 29.8 Å². The van der Waals surface area contributed by atoms with Gasteiger partial charge in [-0.05, 0) is 51.0 Å². The Morgan fingerprint density at radius 3 is 2.31 bits per heavy atom. The van der Waals surface area contributed by atoms with Crippen molar-refractivity contribution in [3.05, 3.63) is 30.0 Å². The Labute approximate surface area is 207 Å². The molecule has 0 spiro atoms. The number of piperidine rings is 1. The number of carbonyl (C=O) groups is 2. The number of amides is 2. The zero-order valence-electron chi connectivity index (χ0n) is 20.9. The van der Waals surface area contributed by atoms with Gasteiger partial charge in [-0.25, -0.2) is 0 Å². The quantitative estimate of drug-likeness (QED) is 0.691. The lowest BCUT2D eigenvalue weighted by atomic mass is 9.93. The molecule has 1 N–H and O–H groups in total. The van der Waals surface area contributed by atoms with Gasteiger partial charge in [0.1, 0.15) is 0 Å². The molecule has 1 aromatic heterocycles. The summed E-state index contributed by atoms with van der Waals surface area (Å²) in [5, 5.41) is 9.15. The maximum Gasteiger partial charge on any atom is 0.272 e. The third-order valence-corrected chi connectivity index (χ3v) is 8.96. The van der Waals surface area contributed by atoms with Crippen molar-refractivity contribution < 1.29 is 9.59 Å². The number of carbonyl (C=O) groups excluding carboxylic acids is 2. The fraction of sp³-hybridized carbons (Fsp3) is 0.667. The molecule has 2 amide bonds. The van der Waals surface area contributed by atoms with Crippen molar-refractivity contribution in [2.45, 2.75) is 76.0 Å². The third kappa shape index (κ3) is 4.47. The third-order valence-electron chi connectivity index (χ3n) is 8.96. The van der Waals surface area contributed by atoms with E-state index < -0.39 is 0 Å². The number of aromatic nitrogens is 2. The summed E-state index contributed by atoms with van der Waals surface area (Å²) in [5.74, 6) is 0.176. The average Bonchev–Trinajstić information content (AvgIpc) is 3.31. The van der Waals surface area contributed by atoms with Crippen molar-refractivity contribution in [3.8, 4) is 0 Å². The van der Waals surface area contributed by atoms with Gasteiger partial charge in [-0.3, -0.25) is 24.1 Å². The first-order chi connectivity index (χ1) is 17.1. The molecule has 3 aliphatic heterocycles. The Morgan fingerprint density at radius 2 is 1.66 bits per heavy atom. The Bertz CT molecular complexity index is 1070. The minimum Gasteiger partial charge on any atom is -0.348 e. The average molecular weight is 479 g/mol. The number of hydrogen-bond acceptors (Lipinski definition) is 5. The second-order valence-corrected chi connectivity index (χ2v) is 11.0. The van der Waals surface area contributed by atoms with Crippen LogP contribution < -0.4 is 5.32 Å². The highest BCUT2D eigenvalue weighted by Crippen LogP contribution is 2.37. The molecule has 3 saturated heterocycles. The van der Waals surface area contributed by atoms with Crippen molar-refractivity contribution in [3.63, 3.8) is 0 Å². The second kappa shape index (κ2) is 9.54. The molecule has 2 aromatic rings. The molecule has 35 heavy (non-hydrogen) atoms. The van der Waals surface area contributed by atoms with E-state index in [0.717, 1.165) is 75.9 Å². The minimum absolute atomic E-state index is 0.0135. The van der Waals surface area contributed by atoms with Crippen LogP contribution in [0.25, 0.3) is 10.9 Å². The van der Waals surface area contributed by atoms with Crippen LogP contribution in [0.15, 0.2) is 24.3 Å². The van der Waals surface area contributed by atoms with Crippen LogP contribution >= 0.6 is 0 Å². The van der Waals surface area contributed by atoms with Gasteiger partial charge < -0.3 is 10.2 Å². The van der Waals surface area contributed by atoms with Crippen LogP contribution in [-0.4, -0.2) is 93.7 Å². The lowest BCUT2D eigenvalue weighted by Crippen LogP contribution is -2.54. The largest absolute Gasteiger partial charge is 0.348 e. The fourth-order valence-corrected chi connectivity index (χ4v) is 6.72. The van der Waals surface area contributed by atoms with E-state index in [0.29, 0.717) is 23.8 Å². The molecule has 188 valence electrons. The summed E-state index contributed by atoms with van der Waals surface area (Å²) in [4.78, 5) is 32.1. The Kier molecular flexibility index (Phi) is 6.26. The van der Waals surface area contributed by atoms with Gasteiger partial charge >= 0.3 is 0 Å². The summed E-state index contributed by atoms with van der Waals surface area (Å²) in [7, 11) is 0. The van der Waals surface area contributed by atoms with E-state index in [4.69, 9.17) is 5.10 Å². The summed E-state index contributed by atoms with van der Waals surface area (Å²) >= 11 is 0. The molecule has 1 aliphatic carbocycles. The first-order valence-corrected chi connectivity index (χ1v) is 13.6. The van der Waals surface area contributed by atoms with Crippen LogP contribution in [0.2, 0.25) is 0 Å². The Morgan fingerprint density at radius 1 is 0.943 bits per heavy atom. The van der Waals surface area contributed by atoms with Gasteiger partial charge in [0.2, 0.25) is 5.91 Å². The molecule has 1 aromatic carbocycles. The Balaban J connectivity index is 1.06. The van der Waals surface area contributed by atoms with E-state index in [1.54, 1.807) is 6.92 Å². The summed E-state index contributed by atoms with van der Waals surface area (Å²) in [6.07, 6.45) is 8.07. The molecular weight excluding hydrogens is 440 g/mol. The molecule has 2 bridgehead atoms. The fourth-order valence-electron chi connectivity index (χ4n) is 6.72. The molecule has 1 unspecified atom stereocenters. The predicted octanol–water partition coefficient (Wildman–Crippen LogP) is 2.65. The van der Waals surface area contributed by atoms with Gasteiger partial charge in [-0.15, -0.1) is 0 Å². The molecule has 4 aliphatic rings. The van der Waals surface area contributed by atoms with Crippen LogP contribution in [0.3, 0.4) is 0 Å². The van der Waals surface area contributed by atoms with Crippen molar-refractivity contribution >= 4 is 22.7 Å². The van der Waals surface area contributed by atoms with E-state index in [1.165, 1.54) is 19.3 Å². The second-order valence-electron chi connectivity index (χ2n) is 11.0. The first-order valence-electron chi connectivity index (χ1n) is 13.6. The molecule has 6 rings (SSSR count). The van der Waals surface area contributed by atoms with Crippen LogP contribution in [0, 0.1) is 0 Å². The number of piperazine rings is 1. The van der Waals surface area contributed by atoms with Crippen LogP contribution in [0.5, 0.6) is 0 Å². The van der Waals surface area contributed by atoms with Crippen LogP contribution in [0.1, 0.15) is 68.4 Å². The van der Waals surface area contributed by atoms with E-state index >= 15 is 0 Å². The number of nitrogens with one attached hydrogen (secondary N) is 1. The predicted molar refractivity (Wildman–Crippen MR) is 135 cm³/mol. The van der Waals surface area contributed by atoms with Crippen molar-refractivity contribution in [2.75, 3.05) is 39.3 Å². The first kappa shape index (κ1) is 23.0. The number of para-hydroxylation sites is 1. The van der Waals surface area contributed by atoms with Gasteiger partial charge in [-0.1, -0.05) is 18.2 Å². The Hall–Kier alpha value is -2.45. The van der Waals surface area contributed by atoms with E-state index in [9.17, 15) is 9.59 Å². The number of nitrogens with zero attached hydrogens (tertiary/aromatic N) is 5. The normalized spacial score (nSPS) is 27.8. The zero-order valence-corrected chi connectivity index (χ0v) is 20.9. The summed E-state index contributed by atoms with van der Waals surface area (Å²) in [6, 6.07) is 9.95. The van der Waals surface area contributed by atoms with Gasteiger partial charge in [0.05, 0.1) is 11.6 Å². The molecule has 8 heteroatoms. The summed E-state index contributed by atoms with van der Waals surface area (Å²) < 4.78 is 2.09. The van der Waals surface area contributed by atoms with Crippen LogP contribution in [0.4, 0.5) is 0 Å². The van der Waals surface area contributed by atoms with Gasteiger partial charge in [0.15, 0.2) is 5.69 Å². The maximum absolute atomic E-state index is 13.4. The SMILES string of the molecule is CC(=O)N1CCN(CCN2[C@@H]3CC[C@H]2CC(NC(=O)c2nn(C4CCC4)c4ccccc24)C3)CC1. The van der Waals surface area contributed by atoms with Crippen LogP contribution in [-0.2, 0) is 4.79 Å². The van der Waals surface area contributed by atoms with E-state index in [1.807, 2.05) is 23.1 Å². The summed E-state index contributed by atoms with van der Waals surface area (Å²) in [5.41, 5.74) is 1.67. The smallest absolute Gasteiger partial charge is 0.272 e. The standard InChI is InChI=1S/C27H38N6O2/c1-19(34)31-14-11-30(12-15-31)13-16-32-22-9-10-23(32)18-20(17-22)28-27(35)26-24-7-2-3-8-25(24)33(29-26)21-5-4-6-21/h2-3,7-8,20-23H,4-6,9-18H2,1H3,(H,28,35)/t20?,22-,23+. The number of hydrogen-bond donors (Lipinski definition) is 1. The topological polar surface area (TPSA) is 73.7 Å². The molecule has 4 heterocycles. The van der Waals surface area contributed by atoms with Gasteiger partial charge in [-0.2, -0.15) is 5.10 Å². The highest BCUT2D eigenvalue weighted by atomic mass is 16.2. The lowest BCUT2D eigenvalue weighted by molar-refractivity contribution is -0.130. The molecule has 3 atom stereocenters. The van der Waals surface area contributed by atoms with E-state index in [-0.39, 0.29) is 17.9 Å². The minimum atomic E-state index is -0.0135. The summed E-state index contributed by atoms with van der Waals surface area (Å²) in [6.45, 7) is 7.47. The highest BCUT2D eigenvalue weighted by molar-refractivity contribution is 6.05. The molecule has 1 saturated carbocycles. The zero-order chi connectivity index (χ0) is 23.9. The van der Waals surface area contributed by atoms with Gasteiger partial charge in [0, 0.05) is 69.7 Å². The van der Waals surface area contributed by atoms with Crippen molar-refractivity contribution in [1.29, 1.82) is 0 Å². The highest BCUT2D eigenvalue weighted by Gasteiger charge is 2.41. The lowest BCUT2D eigenvalue weighted by Gasteiger charge is -2.41. The van der Waals surface area contributed by atoms with Crippen molar-refractivity contribution in [2.24, 2.45) is 0 Å². The number of fused-ring (bicyclic) bond motifs is 3. The molecule has 4 fully saturated rings. The molecule has 8 nitrogen and oxygen atoms in total. The maximum atomic E-state index is 13.4. The number of rotatable bonds is 6. The van der Waals surface area contributed by atoms with Gasteiger partial charge in [0.25, 0.3) is 5.91 Å². The monoisotopic (exact) mass is 478 g/mol.